The van der Waals surface area contributed by atoms with Gasteiger partial charge in [0.1, 0.15) is 0 Å². The lowest BCUT2D eigenvalue weighted by molar-refractivity contribution is 0.127. The summed E-state index contributed by atoms with van der Waals surface area (Å²) in [6, 6.07) is 7.75. The number of aromatic nitrogens is 1. The van der Waals surface area contributed by atoms with Crippen LogP contribution in [-0.4, -0.2) is 23.2 Å². The van der Waals surface area contributed by atoms with E-state index in [1.54, 1.807) is 6.20 Å². The molecule has 1 aromatic heterocycles. The van der Waals surface area contributed by atoms with E-state index in [0.29, 0.717) is 5.02 Å². The fraction of sp³-hybridized carbons (Fsp3) is 0.438. The molecule has 1 aromatic carbocycles. The Morgan fingerprint density at radius 3 is 2.65 bits per heavy atom. The summed E-state index contributed by atoms with van der Waals surface area (Å²) in [4.78, 5) is 4.32. The van der Waals surface area contributed by atoms with Crippen molar-refractivity contribution in [2.24, 2.45) is 5.41 Å². The van der Waals surface area contributed by atoms with Crippen molar-refractivity contribution in [1.82, 2.24) is 4.98 Å². The molecule has 2 rings (SSSR count). The maximum absolute atomic E-state index is 9.64. The first-order valence-electron chi connectivity index (χ1n) is 7.04. The number of halogens is 1. The Morgan fingerprint density at radius 2 is 2.00 bits per heavy atom. The number of benzene rings is 1. The van der Waals surface area contributed by atoms with E-state index in [-0.39, 0.29) is 12.0 Å². The van der Waals surface area contributed by atoms with Crippen LogP contribution in [0, 0.1) is 5.41 Å². The lowest BCUT2D eigenvalue weighted by Gasteiger charge is -2.30. The molecular formula is C16H21ClN2O. The summed E-state index contributed by atoms with van der Waals surface area (Å²) in [5, 5.41) is 14.8. The van der Waals surface area contributed by atoms with E-state index in [1.165, 1.54) is 0 Å². The van der Waals surface area contributed by atoms with Gasteiger partial charge in [-0.2, -0.15) is 0 Å². The molecule has 0 atom stereocenters. The maximum atomic E-state index is 9.64. The second-order valence-corrected chi connectivity index (χ2v) is 5.62. The molecule has 0 fully saturated rings. The number of nitrogens with zero attached hydrogens (tertiary/aromatic N) is 1. The van der Waals surface area contributed by atoms with Crippen molar-refractivity contribution in [1.29, 1.82) is 0 Å². The molecule has 0 amide bonds. The number of hydrogen-bond acceptors (Lipinski definition) is 3. The molecule has 3 nitrogen and oxygen atoms in total. The fourth-order valence-electron chi connectivity index (χ4n) is 2.35. The molecular weight excluding hydrogens is 272 g/mol. The predicted octanol–water partition coefficient (Wildman–Crippen LogP) is 4.10. The average molecular weight is 293 g/mol. The van der Waals surface area contributed by atoms with Crippen molar-refractivity contribution in [3.05, 3.63) is 35.5 Å². The van der Waals surface area contributed by atoms with Gasteiger partial charge in [-0.25, -0.2) is 0 Å². The second kappa shape index (κ2) is 6.42. The van der Waals surface area contributed by atoms with Crippen molar-refractivity contribution in [2.45, 2.75) is 26.7 Å². The Bertz CT molecular complexity index is 573. The minimum Gasteiger partial charge on any atom is -0.396 e. The molecule has 108 valence electrons. The van der Waals surface area contributed by atoms with Gasteiger partial charge in [-0.3, -0.25) is 4.98 Å². The van der Waals surface area contributed by atoms with Crippen LogP contribution in [-0.2, 0) is 0 Å². The number of hydrogen-bond donors (Lipinski definition) is 2. The topological polar surface area (TPSA) is 45.1 Å². The standard InChI is InChI=1S/C16H21ClN2O/c1-3-16(4-2,11-20)10-19-14-8-7-13(17)15-12(14)6-5-9-18-15/h5-9,19-20H,3-4,10-11H2,1-2H3. The molecule has 0 saturated carbocycles. The third-order valence-corrected chi connectivity index (χ3v) is 4.51. The first kappa shape index (κ1) is 15.1. The molecule has 0 spiro atoms. The highest BCUT2D eigenvalue weighted by molar-refractivity contribution is 6.35. The molecule has 0 aliphatic rings. The summed E-state index contributed by atoms with van der Waals surface area (Å²) in [5.41, 5.74) is 1.74. The van der Waals surface area contributed by atoms with Gasteiger partial charge in [0.25, 0.3) is 0 Å². The molecule has 4 heteroatoms. The van der Waals surface area contributed by atoms with Crippen molar-refractivity contribution in [3.8, 4) is 0 Å². The highest BCUT2D eigenvalue weighted by Gasteiger charge is 2.25. The second-order valence-electron chi connectivity index (χ2n) is 5.21. The van der Waals surface area contributed by atoms with E-state index >= 15 is 0 Å². The highest BCUT2D eigenvalue weighted by atomic mass is 35.5. The van der Waals surface area contributed by atoms with Crippen LogP contribution < -0.4 is 5.32 Å². The van der Waals surface area contributed by atoms with E-state index in [9.17, 15) is 5.11 Å². The Kier molecular flexibility index (Phi) is 4.84. The molecule has 2 N–H and O–H groups in total. The van der Waals surface area contributed by atoms with Crippen molar-refractivity contribution in [2.75, 3.05) is 18.5 Å². The quantitative estimate of drug-likeness (QED) is 0.842. The smallest absolute Gasteiger partial charge is 0.0908 e. The van der Waals surface area contributed by atoms with Crippen molar-refractivity contribution >= 4 is 28.2 Å². The van der Waals surface area contributed by atoms with E-state index in [1.807, 2.05) is 24.3 Å². The molecule has 0 aliphatic heterocycles. The number of pyridine rings is 1. The highest BCUT2D eigenvalue weighted by Crippen LogP contribution is 2.31. The predicted molar refractivity (Wildman–Crippen MR) is 85.3 cm³/mol. The molecule has 1 heterocycles. The minimum absolute atomic E-state index is 0.0752. The van der Waals surface area contributed by atoms with Crippen molar-refractivity contribution < 1.29 is 5.11 Å². The molecule has 0 aliphatic carbocycles. The molecule has 0 bridgehead atoms. The fourth-order valence-corrected chi connectivity index (χ4v) is 2.57. The summed E-state index contributed by atoms with van der Waals surface area (Å²) < 4.78 is 0. The summed E-state index contributed by atoms with van der Waals surface area (Å²) in [6.07, 6.45) is 3.63. The van der Waals surface area contributed by atoms with Gasteiger partial charge in [0, 0.05) is 29.2 Å². The Labute approximate surface area is 125 Å². The SMILES string of the molecule is CCC(CC)(CO)CNc1ccc(Cl)c2ncccc12. The monoisotopic (exact) mass is 292 g/mol. The first-order valence-corrected chi connectivity index (χ1v) is 7.41. The number of rotatable bonds is 6. The van der Waals surface area contributed by atoms with Gasteiger partial charge >= 0.3 is 0 Å². The van der Waals surface area contributed by atoms with Crippen LogP contribution in [0.15, 0.2) is 30.5 Å². The summed E-state index contributed by atoms with van der Waals surface area (Å²) in [7, 11) is 0. The van der Waals surface area contributed by atoms with Gasteiger partial charge < -0.3 is 10.4 Å². The van der Waals surface area contributed by atoms with Crippen LogP contribution in [0.2, 0.25) is 5.02 Å². The van der Waals surface area contributed by atoms with Crippen LogP contribution in [0.3, 0.4) is 0 Å². The largest absolute Gasteiger partial charge is 0.396 e. The lowest BCUT2D eigenvalue weighted by Crippen LogP contribution is -2.32. The molecule has 20 heavy (non-hydrogen) atoms. The third-order valence-electron chi connectivity index (χ3n) is 4.21. The number of anilines is 1. The van der Waals surface area contributed by atoms with E-state index in [2.05, 4.69) is 24.1 Å². The summed E-state index contributed by atoms with van der Waals surface area (Å²) in [5.74, 6) is 0. The Hall–Kier alpha value is -1.32. The summed E-state index contributed by atoms with van der Waals surface area (Å²) in [6.45, 7) is 5.16. The van der Waals surface area contributed by atoms with Gasteiger partial charge in [-0.1, -0.05) is 25.4 Å². The Morgan fingerprint density at radius 1 is 1.25 bits per heavy atom. The van der Waals surface area contributed by atoms with E-state index < -0.39 is 0 Å². The number of aliphatic hydroxyl groups is 1. The third kappa shape index (κ3) is 2.89. The van der Waals surface area contributed by atoms with Gasteiger partial charge in [-0.05, 0) is 37.1 Å². The lowest BCUT2D eigenvalue weighted by atomic mass is 9.83. The van der Waals surface area contributed by atoms with Crippen LogP contribution in [0.4, 0.5) is 5.69 Å². The van der Waals surface area contributed by atoms with Crippen LogP contribution in [0.25, 0.3) is 10.9 Å². The number of aliphatic hydroxyl groups excluding tert-OH is 1. The van der Waals surface area contributed by atoms with Crippen LogP contribution in [0.5, 0.6) is 0 Å². The summed E-state index contributed by atoms with van der Waals surface area (Å²) >= 11 is 6.17. The zero-order chi connectivity index (χ0) is 14.6. The van der Waals surface area contributed by atoms with Gasteiger partial charge in [0.2, 0.25) is 0 Å². The minimum atomic E-state index is -0.0752. The molecule has 0 unspecified atom stereocenters. The molecule has 0 radical (unpaired) electrons. The average Bonchev–Trinajstić information content (AvgIpc) is 2.51. The van der Waals surface area contributed by atoms with Crippen molar-refractivity contribution in [3.63, 3.8) is 0 Å². The number of nitrogens with one attached hydrogen (secondary N) is 1. The van der Waals surface area contributed by atoms with E-state index in [0.717, 1.165) is 36.0 Å². The van der Waals surface area contributed by atoms with Crippen LogP contribution >= 0.6 is 11.6 Å². The molecule has 2 aromatic rings. The molecule has 0 saturated heterocycles. The normalized spacial score (nSPS) is 11.8. The van der Waals surface area contributed by atoms with E-state index in [4.69, 9.17) is 11.6 Å². The zero-order valence-electron chi connectivity index (χ0n) is 12.0. The zero-order valence-corrected chi connectivity index (χ0v) is 12.7. The van der Waals surface area contributed by atoms with Gasteiger partial charge in [-0.15, -0.1) is 0 Å². The number of fused-ring (bicyclic) bond motifs is 1. The first-order chi connectivity index (χ1) is 9.65. The maximum Gasteiger partial charge on any atom is 0.0908 e. The van der Waals surface area contributed by atoms with Gasteiger partial charge in [0.15, 0.2) is 0 Å². The van der Waals surface area contributed by atoms with Crippen LogP contribution in [0.1, 0.15) is 26.7 Å². The van der Waals surface area contributed by atoms with Gasteiger partial charge in [0.05, 0.1) is 17.1 Å². The Balaban J connectivity index is 2.29.